The van der Waals surface area contributed by atoms with E-state index in [4.69, 9.17) is 9.47 Å². The van der Waals surface area contributed by atoms with E-state index in [1.165, 1.54) is 0 Å². The minimum absolute atomic E-state index is 0.0396. The van der Waals surface area contributed by atoms with Gasteiger partial charge >= 0.3 is 0 Å². The molecule has 1 aliphatic heterocycles. The van der Waals surface area contributed by atoms with Gasteiger partial charge in [0.15, 0.2) is 11.4 Å². The molecule has 2 heterocycles. The minimum atomic E-state index is -0.213. The number of benzene rings is 1. The van der Waals surface area contributed by atoms with Gasteiger partial charge in [0.2, 0.25) is 0 Å². The lowest BCUT2D eigenvalue weighted by atomic mass is 9.79. The van der Waals surface area contributed by atoms with Gasteiger partial charge in [-0.05, 0) is 44.5 Å². The average Bonchev–Trinajstić information content (AvgIpc) is 3.16. The third-order valence-electron chi connectivity index (χ3n) is 5.12. The number of ether oxygens (including phenoxy) is 2. The lowest BCUT2D eigenvalue weighted by molar-refractivity contribution is 0.0510. The zero-order valence-electron chi connectivity index (χ0n) is 16.7. The Morgan fingerprint density at radius 2 is 2.04 bits per heavy atom. The topological polar surface area (TPSA) is 77.4 Å². The first-order valence-electron chi connectivity index (χ1n) is 9.93. The SMILES string of the molecule is CCCOc1cn(-c2ccccc2)nc1C(=O)NCC1(COC)CCNCC1. The van der Waals surface area contributed by atoms with E-state index in [0.717, 1.165) is 38.0 Å². The number of nitrogens with zero attached hydrogens (tertiary/aromatic N) is 2. The number of piperidine rings is 1. The summed E-state index contributed by atoms with van der Waals surface area (Å²) in [6.45, 7) is 5.64. The molecule has 2 N–H and O–H groups in total. The minimum Gasteiger partial charge on any atom is -0.489 e. The quantitative estimate of drug-likeness (QED) is 0.692. The van der Waals surface area contributed by atoms with Crippen LogP contribution in [0.1, 0.15) is 36.7 Å². The highest BCUT2D eigenvalue weighted by Gasteiger charge is 2.33. The maximum Gasteiger partial charge on any atom is 0.275 e. The number of amides is 1. The molecule has 7 heteroatoms. The second-order valence-corrected chi connectivity index (χ2v) is 7.34. The number of rotatable bonds is 9. The molecular weight excluding hydrogens is 356 g/mol. The Labute approximate surface area is 166 Å². The van der Waals surface area contributed by atoms with Gasteiger partial charge in [0, 0.05) is 19.1 Å². The molecule has 0 radical (unpaired) electrons. The normalized spacial score (nSPS) is 15.9. The van der Waals surface area contributed by atoms with Crippen LogP contribution in [-0.2, 0) is 4.74 Å². The van der Waals surface area contributed by atoms with Crippen molar-refractivity contribution < 1.29 is 14.3 Å². The molecule has 0 bridgehead atoms. The average molecular weight is 386 g/mol. The van der Waals surface area contributed by atoms with Gasteiger partial charge in [-0.3, -0.25) is 4.79 Å². The van der Waals surface area contributed by atoms with Crippen molar-refractivity contribution in [1.29, 1.82) is 0 Å². The molecule has 1 aromatic carbocycles. The maximum atomic E-state index is 12.9. The molecule has 152 valence electrons. The summed E-state index contributed by atoms with van der Waals surface area (Å²) in [5.74, 6) is 0.295. The van der Waals surface area contributed by atoms with Crippen LogP contribution in [0.15, 0.2) is 36.5 Å². The Kier molecular flexibility index (Phi) is 7.06. The van der Waals surface area contributed by atoms with E-state index in [9.17, 15) is 4.79 Å². The fraction of sp³-hybridized carbons (Fsp3) is 0.524. The van der Waals surface area contributed by atoms with Crippen LogP contribution in [0.25, 0.3) is 5.69 Å². The first-order chi connectivity index (χ1) is 13.7. The molecule has 0 atom stereocenters. The molecule has 1 aromatic heterocycles. The highest BCUT2D eigenvalue weighted by molar-refractivity contribution is 5.95. The molecule has 1 aliphatic rings. The second kappa shape index (κ2) is 9.71. The van der Waals surface area contributed by atoms with Gasteiger partial charge < -0.3 is 20.1 Å². The molecule has 7 nitrogen and oxygen atoms in total. The largest absolute Gasteiger partial charge is 0.489 e. The molecule has 0 saturated carbocycles. The fourth-order valence-electron chi connectivity index (χ4n) is 3.53. The second-order valence-electron chi connectivity index (χ2n) is 7.34. The lowest BCUT2D eigenvalue weighted by Crippen LogP contribution is -2.47. The summed E-state index contributed by atoms with van der Waals surface area (Å²) in [6.07, 6.45) is 4.58. The van der Waals surface area contributed by atoms with Crippen LogP contribution in [0.5, 0.6) is 5.75 Å². The number of aromatic nitrogens is 2. The Bertz CT molecular complexity index is 749. The van der Waals surface area contributed by atoms with Gasteiger partial charge in [0.1, 0.15) is 0 Å². The Morgan fingerprint density at radius 3 is 2.71 bits per heavy atom. The van der Waals surface area contributed by atoms with Crippen LogP contribution in [0.3, 0.4) is 0 Å². The van der Waals surface area contributed by atoms with E-state index >= 15 is 0 Å². The summed E-state index contributed by atoms with van der Waals surface area (Å²) >= 11 is 0. The Balaban J connectivity index is 1.76. The smallest absolute Gasteiger partial charge is 0.275 e. The van der Waals surface area contributed by atoms with Crippen molar-refractivity contribution in [2.24, 2.45) is 5.41 Å². The van der Waals surface area contributed by atoms with E-state index in [2.05, 4.69) is 15.7 Å². The summed E-state index contributed by atoms with van der Waals surface area (Å²) < 4.78 is 12.9. The monoisotopic (exact) mass is 386 g/mol. The summed E-state index contributed by atoms with van der Waals surface area (Å²) in [5, 5.41) is 10.9. The third-order valence-corrected chi connectivity index (χ3v) is 5.12. The molecule has 3 rings (SSSR count). The molecule has 0 unspecified atom stereocenters. The van der Waals surface area contributed by atoms with Crippen molar-refractivity contribution in [2.75, 3.05) is 40.0 Å². The summed E-state index contributed by atoms with van der Waals surface area (Å²) in [7, 11) is 1.71. The van der Waals surface area contributed by atoms with E-state index in [0.29, 0.717) is 31.2 Å². The van der Waals surface area contributed by atoms with Gasteiger partial charge in [-0.1, -0.05) is 25.1 Å². The van der Waals surface area contributed by atoms with Crippen LogP contribution in [0, 0.1) is 5.41 Å². The van der Waals surface area contributed by atoms with Crippen molar-refractivity contribution in [2.45, 2.75) is 26.2 Å². The molecule has 1 fully saturated rings. The summed E-state index contributed by atoms with van der Waals surface area (Å²) in [4.78, 5) is 12.9. The zero-order valence-corrected chi connectivity index (χ0v) is 16.7. The van der Waals surface area contributed by atoms with Gasteiger partial charge in [-0.25, -0.2) is 4.68 Å². The van der Waals surface area contributed by atoms with Gasteiger partial charge in [0.25, 0.3) is 5.91 Å². The van der Waals surface area contributed by atoms with Gasteiger partial charge in [-0.15, -0.1) is 0 Å². The highest BCUT2D eigenvalue weighted by atomic mass is 16.5. The van der Waals surface area contributed by atoms with Crippen LogP contribution in [0.4, 0.5) is 0 Å². The molecule has 1 saturated heterocycles. The molecular formula is C21H30N4O3. The molecule has 1 amide bonds. The van der Waals surface area contributed by atoms with Gasteiger partial charge in [-0.2, -0.15) is 5.10 Å². The van der Waals surface area contributed by atoms with E-state index in [-0.39, 0.29) is 11.3 Å². The number of methoxy groups -OCH3 is 1. The predicted molar refractivity (Wildman–Crippen MR) is 108 cm³/mol. The number of para-hydroxylation sites is 1. The molecule has 0 aliphatic carbocycles. The molecule has 2 aromatic rings. The Hall–Kier alpha value is -2.38. The maximum absolute atomic E-state index is 12.9. The third kappa shape index (κ3) is 4.91. The fourth-order valence-corrected chi connectivity index (χ4v) is 3.53. The number of carbonyl (C=O) groups excluding carboxylic acids is 1. The van der Waals surface area contributed by atoms with Crippen LogP contribution < -0.4 is 15.4 Å². The van der Waals surface area contributed by atoms with Gasteiger partial charge in [0.05, 0.1) is 25.1 Å². The van der Waals surface area contributed by atoms with Crippen molar-refractivity contribution in [3.8, 4) is 11.4 Å². The van der Waals surface area contributed by atoms with Crippen LogP contribution in [0.2, 0.25) is 0 Å². The van der Waals surface area contributed by atoms with Crippen LogP contribution in [-0.4, -0.2) is 55.6 Å². The van der Waals surface area contributed by atoms with E-state index in [1.807, 2.05) is 37.3 Å². The van der Waals surface area contributed by atoms with Crippen molar-refractivity contribution >= 4 is 5.91 Å². The first-order valence-corrected chi connectivity index (χ1v) is 9.93. The van der Waals surface area contributed by atoms with Crippen molar-refractivity contribution in [1.82, 2.24) is 20.4 Å². The zero-order chi connectivity index (χ0) is 19.8. The van der Waals surface area contributed by atoms with E-state index in [1.54, 1.807) is 18.0 Å². The summed E-state index contributed by atoms with van der Waals surface area (Å²) in [5.41, 5.74) is 1.16. The molecule has 28 heavy (non-hydrogen) atoms. The molecule has 0 spiro atoms. The van der Waals surface area contributed by atoms with Crippen molar-refractivity contribution in [3.05, 3.63) is 42.2 Å². The predicted octanol–water partition coefficient (Wildman–Crippen LogP) is 2.41. The first kappa shape index (κ1) is 20.4. The van der Waals surface area contributed by atoms with Crippen LogP contribution >= 0.6 is 0 Å². The lowest BCUT2D eigenvalue weighted by Gasteiger charge is -2.37. The van der Waals surface area contributed by atoms with Crippen molar-refractivity contribution in [3.63, 3.8) is 0 Å². The summed E-state index contributed by atoms with van der Waals surface area (Å²) in [6, 6.07) is 9.72. The number of hydrogen-bond acceptors (Lipinski definition) is 5. The van der Waals surface area contributed by atoms with E-state index < -0.39 is 0 Å². The standard InChI is InChI=1S/C21H30N4O3/c1-3-13-28-18-14-25(17-7-5-4-6-8-17)24-19(18)20(26)23-15-21(16-27-2)9-11-22-12-10-21/h4-8,14,22H,3,9-13,15-16H2,1-2H3,(H,23,26). The number of nitrogens with one attached hydrogen (secondary N) is 2. The number of hydrogen-bond donors (Lipinski definition) is 2. The number of carbonyl (C=O) groups is 1. The Morgan fingerprint density at radius 1 is 1.29 bits per heavy atom. The highest BCUT2D eigenvalue weighted by Crippen LogP contribution is 2.28.